The second-order valence-corrected chi connectivity index (χ2v) is 7.32. The van der Waals surface area contributed by atoms with E-state index < -0.39 is 9.84 Å². The molecule has 0 radical (unpaired) electrons. The van der Waals surface area contributed by atoms with Crippen molar-refractivity contribution >= 4 is 9.84 Å². The first-order chi connectivity index (χ1) is 10.4. The largest absolute Gasteiger partial charge is 0.480 e. The van der Waals surface area contributed by atoms with Crippen LogP contribution in [0.3, 0.4) is 0 Å². The van der Waals surface area contributed by atoms with E-state index in [9.17, 15) is 8.42 Å². The van der Waals surface area contributed by atoms with Gasteiger partial charge in [-0.05, 0) is 25.8 Å². The van der Waals surface area contributed by atoms with Crippen LogP contribution < -0.4 is 4.74 Å². The number of rotatable bonds is 4. The highest BCUT2D eigenvalue weighted by Crippen LogP contribution is 2.44. The standard InChI is InChI=1S/C14H16N4O3S/c1-8-6-10(22(3,19)20)18-13(17-8)11-12(9-4-5-9)15-7-16-14(11)21-2/h6-7,9H,4-5H2,1-3H3. The van der Waals surface area contributed by atoms with E-state index in [-0.39, 0.29) is 5.03 Å². The molecule has 116 valence electrons. The highest BCUT2D eigenvalue weighted by Gasteiger charge is 2.31. The van der Waals surface area contributed by atoms with Gasteiger partial charge in [0, 0.05) is 17.9 Å². The number of nitrogens with zero attached hydrogens (tertiary/aromatic N) is 4. The molecule has 7 nitrogen and oxygen atoms in total. The van der Waals surface area contributed by atoms with Gasteiger partial charge in [0.25, 0.3) is 0 Å². The van der Waals surface area contributed by atoms with E-state index >= 15 is 0 Å². The lowest BCUT2D eigenvalue weighted by Crippen LogP contribution is -2.07. The van der Waals surface area contributed by atoms with E-state index in [1.807, 2.05) is 0 Å². The van der Waals surface area contributed by atoms with Crippen molar-refractivity contribution in [3.05, 3.63) is 23.8 Å². The quantitative estimate of drug-likeness (QED) is 0.788. The summed E-state index contributed by atoms with van der Waals surface area (Å²) in [5.74, 6) is 0.986. The summed E-state index contributed by atoms with van der Waals surface area (Å²) in [6.45, 7) is 1.73. The summed E-state index contributed by atoms with van der Waals surface area (Å²) in [6.07, 6.45) is 4.65. The molecule has 0 amide bonds. The van der Waals surface area contributed by atoms with E-state index in [0.717, 1.165) is 24.8 Å². The fraction of sp³-hybridized carbons (Fsp3) is 0.429. The van der Waals surface area contributed by atoms with Crippen molar-refractivity contribution in [2.24, 2.45) is 0 Å². The van der Waals surface area contributed by atoms with Crippen LogP contribution >= 0.6 is 0 Å². The lowest BCUT2D eigenvalue weighted by molar-refractivity contribution is 0.397. The average molecular weight is 320 g/mol. The van der Waals surface area contributed by atoms with Crippen molar-refractivity contribution in [3.8, 4) is 17.3 Å². The molecule has 22 heavy (non-hydrogen) atoms. The van der Waals surface area contributed by atoms with Gasteiger partial charge in [-0.1, -0.05) is 0 Å². The maximum Gasteiger partial charge on any atom is 0.227 e. The average Bonchev–Trinajstić information content (AvgIpc) is 3.29. The normalized spacial score (nSPS) is 14.9. The zero-order valence-electron chi connectivity index (χ0n) is 12.6. The molecular formula is C14H16N4O3S. The molecular weight excluding hydrogens is 304 g/mol. The summed E-state index contributed by atoms with van der Waals surface area (Å²) in [5, 5.41) is -0.0114. The van der Waals surface area contributed by atoms with E-state index in [2.05, 4.69) is 19.9 Å². The molecule has 0 N–H and O–H groups in total. The zero-order chi connectivity index (χ0) is 15.9. The first-order valence-electron chi connectivity index (χ1n) is 6.85. The molecule has 1 aliphatic carbocycles. The van der Waals surface area contributed by atoms with Crippen LogP contribution in [0.2, 0.25) is 0 Å². The van der Waals surface area contributed by atoms with Gasteiger partial charge in [-0.2, -0.15) is 0 Å². The Bertz CT molecular complexity index is 832. The molecule has 0 unspecified atom stereocenters. The Morgan fingerprint density at radius 2 is 1.95 bits per heavy atom. The van der Waals surface area contributed by atoms with Gasteiger partial charge >= 0.3 is 0 Å². The highest BCUT2D eigenvalue weighted by molar-refractivity contribution is 7.90. The summed E-state index contributed by atoms with van der Waals surface area (Å²) < 4.78 is 28.9. The van der Waals surface area contributed by atoms with Crippen LogP contribution in [0.25, 0.3) is 11.4 Å². The zero-order valence-corrected chi connectivity index (χ0v) is 13.4. The number of aryl methyl sites for hydroxylation is 1. The summed E-state index contributed by atoms with van der Waals surface area (Å²) >= 11 is 0. The molecule has 3 rings (SSSR count). The SMILES string of the molecule is COc1ncnc(C2CC2)c1-c1nc(C)cc(S(C)(=O)=O)n1. The van der Waals surface area contributed by atoms with Crippen LogP contribution in [0.1, 0.15) is 30.1 Å². The smallest absolute Gasteiger partial charge is 0.227 e. The summed E-state index contributed by atoms with van der Waals surface area (Å²) in [5.41, 5.74) is 1.97. The molecule has 0 aliphatic heterocycles. The van der Waals surface area contributed by atoms with Gasteiger partial charge < -0.3 is 4.74 Å². The summed E-state index contributed by atoms with van der Waals surface area (Å²) in [6, 6.07) is 1.45. The second-order valence-electron chi connectivity index (χ2n) is 5.36. The monoisotopic (exact) mass is 320 g/mol. The Kier molecular flexibility index (Phi) is 3.56. The molecule has 0 bridgehead atoms. The van der Waals surface area contributed by atoms with Crippen LogP contribution in [-0.2, 0) is 9.84 Å². The van der Waals surface area contributed by atoms with E-state index in [1.165, 1.54) is 19.5 Å². The van der Waals surface area contributed by atoms with Gasteiger partial charge in [0.1, 0.15) is 11.9 Å². The molecule has 8 heteroatoms. The highest BCUT2D eigenvalue weighted by atomic mass is 32.2. The van der Waals surface area contributed by atoms with Crippen LogP contribution in [0, 0.1) is 6.92 Å². The predicted molar refractivity (Wildman–Crippen MR) is 79.4 cm³/mol. The maximum atomic E-state index is 11.8. The molecule has 0 spiro atoms. The van der Waals surface area contributed by atoms with Gasteiger partial charge in [0.15, 0.2) is 20.7 Å². The third-order valence-electron chi connectivity index (χ3n) is 3.43. The lowest BCUT2D eigenvalue weighted by Gasteiger charge is -2.11. The molecule has 0 aromatic carbocycles. The minimum absolute atomic E-state index is 0.0114. The molecule has 2 heterocycles. The number of hydrogen-bond donors (Lipinski definition) is 0. The maximum absolute atomic E-state index is 11.8. The van der Waals surface area contributed by atoms with Crippen LogP contribution in [-0.4, -0.2) is 41.7 Å². The van der Waals surface area contributed by atoms with E-state index in [1.54, 1.807) is 6.92 Å². The van der Waals surface area contributed by atoms with Gasteiger partial charge in [0.05, 0.1) is 12.8 Å². The Hall–Kier alpha value is -2.09. The minimum atomic E-state index is -3.43. The number of ether oxygens (including phenoxy) is 1. The number of methoxy groups -OCH3 is 1. The topological polar surface area (TPSA) is 94.9 Å². The van der Waals surface area contributed by atoms with Crippen LogP contribution in [0.15, 0.2) is 17.4 Å². The van der Waals surface area contributed by atoms with E-state index in [4.69, 9.17) is 4.74 Å². The molecule has 0 saturated heterocycles. The Balaban J connectivity index is 2.25. The predicted octanol–water partition coefficient (Wildman–Crippen LogP) is 1.53. The Morgan fingerprint density at radius 3 is 2.55 bits per heavy atom. The van der Waals surface area contributed by atoms with Crippen LogP contribution in [0.5, 0.6) is 5.88 Å². The fourth-order valence-electron chi connectivity index (χ4n) is 2.25. The second kappa shape index (κ2) is 5.28. The van der Waals surface area contributed by atoms with E-state index in [0.29, 0.717) is 28.9 Å². The van der Waals surface area contributed by atoms with Gasteiger partial charge in [-0.25, -0.2) is 28.4 Å². The number of aromatic nitrogens is 4. The van der Waals surface area contributed by atoms with Crippen molar-refractivity contribution in [2.45, 2.75) is 30.7 Å². The molecule has 1 aliphatic rings. The molecule has 2 aromatic rings. The molecule has 2 aromatic heterocycles. The summed E-state index contributed by atoms with van der Waals surface area (Å²) in [7, 11) is -1.92. The van der Waals surface area contributed by atoms with Crippen molar-refractivity contribution in [3.63, 3.8) is 0 Å². The Labute approximate surface area is 128 Å². The summed E-state index contributed by atoms with van der Waals surface area (Å²) in [4.78, 5) is 17.0. The van der Waals surface area contributed by atoms with Crippen molar-refractivity contribution < 1.29 is 13.2 Å². The minimum Gasteiger partial charge on any atom is -0.480 e. The van der Waals surface area contributed by atoms with Crippen LogP contribution in [0.4, 0.5) is 0 Å². The number of sulfone groups is 1. The molecule has 1 saturated carbocycles. The van der Waals surface area contributed by atoms with Gasteiger partial charge in [-0.3, -0.25) is 0 Å². The Morgan fingerprint density at radius 1 is 1.23 bits per heavy atom. The number of hydrogen-bond acceptors (Lipinski definition) is 7. The molecule has 1 fully saturated rings. The van der Waals surface area contributed by atoms with Gasteiger partial charge in [-0.15, -0.1) is 0 Å². The third-order valence-corrected chi connectivity index (χ3v) is 4.40. The first kappa shape index (κ1) is 14.8. The fourth-order valence-corrected chi connectivity index (χ4v) is 2.89. The van der Waals surface area contributed by atoms with Crippen molar-refractivity contribution in [2.75, 3.05) is 13.4 Å². The first-order valence-corrected chi connectivity index (χ1v) is 8.74. The molecule has 0 atom stereocenters. The van der Waals surface area contributed by atoms with Crippen molar-refractivity contribution in [1.29, 1.82) is 0 Å². The lowest BCUT2D eigenvalue weighted by atomic mass is 10.1. The van der Waals surface area contributed by atoms with Crippen molar-refractivity contribution in [1.82, 2.24) is 19.9 Å². The third kappa shape index (κ3) is 2.78. The van der Waals surface area contributed by atoms with Gasteiger partial charge in [0.2, 0.25) is 5.88 Å².